The average Bonchev–Trinajstić information content (AvgIpc) is 2.28. The summed E-state index contributed by atoms with van der Waals surface area (Å²) in [4.78, 5) is 11.5. The van der Waals surface area contributed by atoms with Crippen molar-refractivity contribution in [3.8, 4) is 5.75 Å². The lowest BCUT2D eigenvalue weighted by Crippen LogP contribution is -2.32. The monoisotopic (exact) mass is 284 g/mol. The van der Waals surface area contributed by atoms with Gasteiger partial charge in [0.05, 0.1) is 6.61 Å². The number of aryl methyl sites for hydroxylation is 1. The van der Waals surface area contributed by atoms with Crippen LogP contribution in [0.15, 0.2) is 22.7 Å². The van der Waals surface area contributed by atoms with Crippen molar-refractivity contribution in [1.82, 2.24) is 0 Å². The Morgan fingerprint density at radius 1 is 1.62 bits per heavy atom. The molecule has 0 N–H and O–H groups in total. The molecule has 0 bridgehead atoms. The Morgan fingerprint density at radius 2 is 2.44 bits per heavy atom. The van der Waals surface area contributed by atoms with E-state index in [1.807, 2.05) is 18.2 Å². The zero-order chi connectivity index (χ0) is 11.5. The summed E-state index contributed by atoms with van der Waals surface area (Å²) >= 11 is 3.41. The summed E-state index contributed by atoms with van der Waals surface area (Å²) < 4.78 is 11.6. The maximum atomic E-state index is 11.5. The second-order valence-electron chi connectivity index (χ2n) is 3.65. The largest absolute Gasteiger partial charge is 0.478 e. The molecule has 3 nitrogen and oxygen atoms in total. The van der Waals surface area contributed by atoms with E-state index in [9.17, 15) is 4.79 Å². The molecule has 1 aromatic rings. The van der Waals surface area contributed by atoms with Gasteiger partial charge in [-0.1, -0.05) is 15.9 Å². The number of rotatable bonds is 2. The Morgan fingerprint density at radius 3 is 3.19 bits per heavy atom. The standard InChI is InChI=1S/C12H13BrO3/c1-2-15-12(14)11-5-3-8-7-9(13)4-6-10(8)16-11/h4,6-7,11H,2-3,5H2,1H3. The van der Waals surface area contributed by atoms with Gasteiger partial charge in [0, 0.05) is 4.47 Å². The Balaban J connectivity index is 2.12. The first kappa shape index (κ1) is 11.5. The van der Waals surface area contributed by atoms with Crippen LogP contribution in [0, 0.1) is 0 Å². The van der Waals surface area contributed by atoms with E-state index in [4.69, 9.17) is 9.47 Å². The molecule has 0 aromatic heterocycles. The lowest BCUT2D eigenvalue weighted by molar-refractivity contribution is -0.152. The fraction of sp³-hybridized carbons (Fsp3) is 0.417. The van der Waals surface area contributed by atoms with Gasteiger partial charge in [0.15, 0.2) is 6.10 Å². The van der Waals surface area contributed by atoms with Crippen molar-refractivity contribution in [2.24, 2.45) is 0 Å². The molecule has 16 heavy (non-hydrogen) atoms. The van der Waals surface area contributed by atoms with Crippen LogP contribution in [0.4, 0.5) is 0 Å². The van der Waals surface area contributed by atoms with Gasteiger partial charge in [-0.05, 0) is 43.5 Å². The Hall–Kier alpha value is -1.03. The normalized spacial score (nSPS) is 18.5. The molecule has 1 atom stereocenters. The van der Waals surface area contributed by atoms with Gasteiger partial charge >= 0.3 is 5.97 Å². The van der Waals surface area contributed by atoms with Crippen LogP contribution >= 0.6 is 15.9 Å². The molecule has 2 rings (SSSR count). The zero-order valence-electron chi connectivity index (χ0n) is 9.03. The molecular formula is C12H13BrO3. The SMILES string of the molecule is CCOC(=O)C1CCc2cc(Br)ccc2O1. The van der Waals surface area contributed by atoms with Crippen molar-refractivity contribution in [2.45, 2.75) is 25.9 Å². The van der Waals surface area contributed by atoms with E-state index in [2.05, 4.69) is 15.9 Å². The molecule has 4 heteroatoms. The summed E-state index contributed by atoms with van der Waals surface area (Å²) in [5.41, 5.74) is 1.13. The number of carbonyl (C=O) groups excluding carboxylic acids is 1. The topological polar surface area (TPSA) is 35.5 Å². The van der Waals surface area contributed by atoms with E-state index in [0.717, 1.165) is 22.2 Å². The maximum absolute atomic E-state index is 11.5. The number of fused-ring (bicyclic) bond motifs is 1. The van der Waals surface area contributed by atoms with Crippen LogP contribution in [0.5, 0.6) is 5.75 Å². The molecule has 1 aliphatic rings. The second kappa shape index (κ2) is 4.87. The first-order chi connectivity index (χ1) is 7.70. The molecule has 0 saturated carbocycles. The summed E-state index contributed by atoms with van der Waals surface area (Å²) in [5, 5.41) is 0. The highest BCUT2D eigenvalue weighted by atomic mass is 79.9. The Bertz CT molecular complexity index is 403. The van der Waals surface area contributed by atoms with Gasteiger partial charge in [0.1, 0.15) is 5.75 Å². The summed E-state index contributed by atoms with van der Waals surface area (Å²) in [6.07, 6.45) is 1.08. The molecule has 0 aliphatic carbocycles. The fourth-order valence-corrected chi connectivity index (χ4v) is 2.17. The van der Waals surface area contributed by atoms with Gasteiger partial charge in [-0.25, -0.2) is 4.79 Å². The predicted molar refractivity (Wildman–Crippen MR) is 63.5 cm³/mol. The molecule has 0 fully saturated rings. The minimum atomic E-state index is -0.450. The van der Waals surface area contributed by atoms with E-state index in [0.29, 0.717) is 13.0 Å². The van der Waals surface area contributed by atoms with Crippen molar-refractivity contribution < 1.29 is 14.3 Å². The number of esters is 1. The Labute approximate surface area is 103 Å². The van der Waals surface area contributed by atoms with E-state index >= 15 is 0 Å². The van der Waals surface area contributed by atoms with E-state index in [1.165, 1.54) is 0 Å². The molecule has 1 unspecified atom stereocenters. The number of hydrogen-bond acceptors (Lipinski definition) is 3. The van der Waals surface area contributed by atoms with Gasteiger partial charge in [0.25, 0.3) is 0 Å². The van der Waals surface area contributed by atoms with Gasteiger partial charge in [0.2, 0.25) is 0 Å². The number of carbonyl (C=O) groups is 1. The molecule has 1 aromatic carbocycles. The van der Waals surface area contributed by atoms with Crippen LogP contribution < -0.4 is 4.74 Å². The van der Waals surface area contributed by atoms with Gasteiger partial charge in [-0.3, -0.25) is 0 Å². The third-order valence-electron chi connectivity index (χ3n) is 2.52. The summed E-state index contributed by atoms with van der Waals surface area (Å²) in [7, 11) is 0. The number of benzene rings is 1. The number of halogens is 1. The van der Waals surface area contributed by atoms with Crippen LogP contribution in [0.1, 0.15) is 18.9 Å². The Kier molecular flexibility index (Phi) is 3.49. The van der Waals surface area contributed by atoms with E-state index in [-0.39, 0.29) is 5.97 Å². The quantitative estimate of drug-likeness (QED) is 0.784. The van der Waals surface area contributed by atoms with Gasteiger partial charge < -0.3 is 9.47 Å². The number of hydrogen-bond donors (Lipinski definition) is 0. The van der Waals surface area contributed by atoms with Crippen molar-refractivity contribution >= 4 is 21.9 Å². The van der Waals surface area contributed by atoms with Crippen LogP contribution in [0.2, 0.25) is 0 Å². The predicted octanol–water partition coefficient (Wildman–Crippen LogP) is 2.71. The van der Waals surface area contributed by atoms with Crippen molar-refractivity contribution in [2.75, 3.05) is 6.61 Å². The highest BCUT2D eigenvalue weighted by Crippen LogP contribution is 2.30. The van der Waals surface area contributed by atoms with Crippen LogP contribution in [-0.2, 0) is 16.0 Å². The van der Waals surface area contributed by atoms with Crippen LogP contribution in [-0.4, -0.2) is 18.7 Å². The maximum Gasteiger partial charge on any atom is 0.347 e. The fourth-order valence-electron chi connectivity index (χ4n) is 1.76. The van der Waals surface area contributed by atoms with Crippen molar-refractivity contribution in [3.63, 3.8) is 0 Å². The highest BCUT2D eigenvalue weighted by Gasteiger charge is 2.27. The zero-order valence-corrected chi connectivity index (χ0v) is 10.6. The minimum absolute atomic E-state index is 0.268. The van der Waals surface area contributed by atoms with Crippen molar-refractivity contribution in [3.05, 3.63) is 28.2 Å². The average molecular weight is 285 g/mol. The minimum Gasteiger partial charge on any atom is -0.478 e. The third kappa shape index (κ3) is 2.38. The molecule has 1 heterocycles. The van der Waals surface area contributed by atoms with Crippen LogP contribution in [0.25, 0.3) is 0 Å². The molecular weight excluding hydrogens is 272 g/mol. The van der Waals surface area contributed by atoms with Crippen LogP contribution in [0.3, 0.4) is 0 Å². The highest BCUT2D eigenvalue weighted by molar-refractivity contribution is 9.10. The van der Waals surface area contributed by atoms with Gasteiger partial charge in [-0.15, -0.1) is 0 Å². The van der Waals surface area contributed by atoms with E-state index < -0.39 is 6.10 Å². The number of ether oxygens (including phenoxy) is 2. The van der Waals surface area contributed by atoms with Crippen molar-refractivity contribution in [1.29, 1.82) is 0 Å². The first-order valence-corrected chi connectivity index (χ1v) is 6.11. The molecule has 0 amide bonds. The van der Waals surface area contributed by atoms with Gasteiger partial charge in [-0.2, -0.15) is 0 Å². The molecule has 0 radical (unpaired) electrons. The second-order valence-corrected chi connectivity index (χ2v) is 4.56. The summed E-state index contributed by atoms with van der Waals surface area (Å²) in [6, 6.07) is 5.81. The smallest absolute Gasteiger partial charge is 0.347 e. The first-order valence-electron chi connectivity index (χ1n) is 5.32. The summed E-state index contributed by atoms with van der Waals surface area (Å²) in [5.74, 6) is 0.517. The molecule has 86 valence electrons. The lowest BCUT2D eigenvalue weighted by atomic mass is 10.0. The molecule has 0 saturated heterocycles. The molecule has 0 spiro atoms. The lowest BCUT2D eigenvalue weighted by Gasteiger charge is -2.24. The third-order valence-corrected chi connectivity index (χ3v) is 3.01. The van der Waals surface area contributed by atoms with E-state index in [1.54, 1.807) is 6.92 Å². The molecule has 1 aliphatic heterocycles. The summed E-state index contributed by atoms with van der Waals surface area (Å²) in [6.45, 7) is 2.19.